The van der Waals surface area contributed by atoms with Crippen LogP contribution < -0.4 is 16.0 Å². The van der Waals surface area contributed by atoms with Crippen molar-refractivity contribution in [3.8, 4) is 0 Å². The molecule has 3 aromatic heterocycles. The van der Waals surface area contributed by atoms with Crippen LogP contribution in [-0.4, -0.2) is 38.5 Å². The summed E-state index contributed by atoms with van der Waals surface area (Å²) in [6, 6.07) is 6.99. The summed E-state index contributed by atoms with van der Waals surface area (Å²) in [5, 5.41) is 14.2. The minimum Gasteiger partial charge on any atom is -0.363 e. The number of thiophene rings is 1. The predicted molar refractivity (Wildman–Crippen MR) is 133 cm³/mol. The van der Waals surface area contributed by atoms with Gasteiger partial charge in [-0.05, 0) is 44.2 Å². The molecule has 2 amide bonds. The van der Waals surface area contributed by atoms with Crippen molar-refractivity contribution in [1.82, 2.24) is 25.2 Å². The van der Waals surface area contributed by atoms with Gasteiger partial charge in [0.15, 0.2) is 5.65 Å². The molecule has 10 heteroatoms. The lowest BCUT2D eigenvalue weighted by atomic mass is 9.97. The fraction of sp³-hybridized carbons (Fsp3) is 0.500. The normalized spacial score (nSPS) is 18.1. The predicted octanol–water partition coefficient (Wildman–Crippen LogP) is 4.57. The fourth-order valence-electron chi connectivity index (χ4n) is 4.56. The maximum Gasteiger partial charge on any atom is 0.262 e. The second-order valence-corrected chi connectivity index (χ2v) is 10.8. The third-order valence-electron chi connectivity index (χ3n) is 6.56. The molecule has 0 saturated heterocycles. The minimum absolute atomic E-state index is 0.0487. The zero-order valence-electron chi connectivity index (χ0n) is 19.1. The standard InChI is InChI=1S/C24H29ClN6O2S/c1-14(27-22-13-20(25)30-21-10-11-26-31(21)22)18-8-9-19(34-18)24(33)29-17(12-15-4-2-3-5-15)23(32)28-16-6-7-16/h8-11,13-17,27H,2-7,12H2,1H3,(H,28,32)(H,29,33)/t14-,17+/m1/s1. The van der Waals surface area contributed by atoms with Gasteiger partial charge in [0.2, 0.25) is 5.91 Å². The van der Waals surface area contributed by atoms with Crippen molar-refractivity contribution < 1.29 is 9.59 Å². The van der Waals surface area contributed by atoms with Gasteiger partial charge in [0.25, 0.3) is 5.91 Å². The number of fused-ring (bicyclic) bond motifs is 1. The van der Waals surface area contributed by atoms with Crippen molar-refractivity contribution in [1.29, 1.82) is 0 Å². The molecule has 0 unspecified atom stereocenters. The summed E-state index contributed by atoms with van der Waals surface area (Å²) >= 11 is 7.57. The quantitative estimate of drug-likeness (QED) is 0.373. The van der Waals surface area contributed by atoms with Gasteiger partial charge in [0.05, 0.1) is 17.1 Å². The number of rotatable bonds is 9. The number of nitrogens with one attached hydrogen (secondary N) is 3. The van der Waals surface area contributed by atoms with Crippen molar-refractivity contribution in [2.45, 2.75) is 70.0 Å². The molecule has 34 heavy (non-hydrogen) atoms. The van der Waals surface area contributed by atoms with E-state index in [2.05, 4.69) is 26.0 Å². The van der Waals surface area contributed by atoms with Gasteiger partial charge in [-0.2, -0.15) is 9.61 Å². The first kappa shape index (κ1) is 23.1. The number of halogens is 1. The highest BCUT2D eigenvalue weighted by atomic mass is 35.5. The molecule has 0 aliphatic heterocycles. The molecule has 8 nitrogen and oxygen atoms in total. The summed E-state index contributed by atoms with van der Waals surface area (Å²) in [4.78, 5) is 31.7. The molecular formula is C24H29ClN6O2S. The highest BCUT2D eigenvalue weighted by molar-refractivity contribution is 7.14. The van der Waals surface area contributed by atoms with Crippen molar-refractivity contribution in [3.63, 3.8) is 0 Å². The van der Waals surface area contributed by atoms with Crippen LogP contribution in [0, 0.1) is 5.92 Å². The Bertz CT molecular complexity index is 1180. The van der Waals surface area contributed by atoms with Crippen LogP contribution >= 0.6 is 22.9 Å². The summed E-state index contributed by atoms with van der Waals surface area (Å²) in [6.45, 7) is 2.02. The van der Waals surface area contributed by atoms with Gasteiger partial charge in [0, 0.05) is 23.1 Å². The van der Waals surface area contributed by atoms with Crippen LogP contribution in [0.2, 0.25) is 5.15 Å². The average molecular weight is 501 g/mol. The molecule has 5 rings (SSSR count). The molecule has 180 valence electrons. The van der Waals surface area contributed by atoms with Crippen LogP contribution in [-0.2, 0) is 4.79 Å². The van der Waals surface area contributed by atoms with E-state index in [-0.39, 0.29) is 23.9 Å². The number of aromatic nitrogens is 3. The highest BCUT2D eigenvalue weighted by Crippen LogP contribution is 2.30. The zero-order chi connectivity index (χ0) is 23.7. The first-order valence-corrected chi connectivity index (χ1v) is 13.1. The SMILES string of the molecule is C[C@@H](Nc1cc(Cl)nc2ccnn12)c1ccc(C(=O)N[C@@H](CC2CCCC2)C(=O)NC2CC2)s1. The van der Waals surface area contributed by atoms with Crippen molar-refractivity contribution >= 4 is 46.2 Å². The number of nitrogens with zero attached hydrogens (tertiary/aromatic N) is 3. The van der Waals surface area contributed by atoms with Crippen LogP contribution in [0.5, 0.6) is 0 Å². The molecular weight excluding hydrogens is 472 g/mol. The van der Waals surface area contributed by atoms with E-state index in [9.17, 15) is 9.59 Å². The lowest BCUT2D eigenvalue weighted by Gasteiger charge is -2.21. The molecule has 0 spiro atoms. The van der Waals surface area contributed by atoms with E-state index in [0.717, 1.165) is 36.4 Å². The third kappa shape index (κ3) is 5.36. The number of carbonyl (C=O) groups is 2. The van der Waals surface area contributed by atoms with E-state index in [4.69, 9.17) is 11.6 Å². The summed E-state index contributed by atoms with van der Waals surface area (Å²) in [5.74, 6) is 0.983. The lowest BCUT2D eigenvalue weighted by Crippen LogP contribution is -2.48. The fourth-order valence-corrected chi connectivity index (χ4v) is 5.66. The Morgan fingerprint density at radius 3 is 2.76 bits per heavy atom. The second-order valence-electron chi connectivity index (χ2n) is 9.33. The molecule has 2 fully saturated rings. The van der Waals surface area contributed by atoms with Gasteiger partial charge < -0.3 is 16.0 Å². The van der Waals surface area contributed by atoms with Gasteiger partial charge in [0.1, 0.15) is 17.0 Å². The Hall–Kier alpha value is -2.65. The second kappa shape index (κ2) is 9.92. The van der Waals surface area contributed by atoms with E-state index >= 15 is 0 Å². The molecule has 2 atom stereocenters. The van der Waals surface area contributed by atoms with Gasteiger partial charge in [-0.25, -0.2) is 4.98 Å². The largest absolute Gasteiger partial charge is 0.363 e. The van der Waals surface area contributed by atoms with E-state index < -0.39 is 6.04 Å². The Kier molecular flexibility index (Phi) is 6.74. The Morgan fingerprint density at radius 2 is 2.00 bits per heavy atom. The molecule has 2 aliphatic rings. The van der Waals surface area contributed by atoms with E-state index in [1.165, 1.54) is 24.2 Å². The average Bonchev–Trinajstić information content (AvgIpc) is 3.22. The molecule has 0 bridgehead atoms. The summed E-state index contributed by atoms with van der Waals surface area (Å²) in [5.41, 5.74) is 0.659. The van der Waals surface area contributed by atoms with Gasteiger partial charge in [-0.1, -0.05) is 37.3 Å². The Morgan fingerprint density at radius 1 is 1.21 bits per heavy atom. The molecule has 0 aromatic carbocycles. The molecule has 2 saturated carbocycles. The van der Waals surface area contributed by atoms with Crippen LogP contribution in [0.15, 0.2) is 30.5 Å². The van der Waals surface area contributed by atoms with Crippen molar-refractivity contribution in [2.24, 2.45) is 5.92 Å². The first-order chi connectivity index (χ1) is 16.5. The van der Waals surface area contributed by atoms with Gasteiger partial charge in [-0.15, -0.1) is 11.3 Å². The van der Waals surface area contributed by atoms with E-state index in [1.54, 1.807) is 22.8 Å². The van der Waals surface area contributed by atoms with Crippen LogP contribution in [0.4, 0.5) is 5.82 Å². The molecule has 3 heterocycles. The smallest absolute Gasteiger partial charge is 0.262 e. The van der Waals surface area contributed by atoms with Crippen LogP contribution in [0.3, 0.4) is 0 Å². The summed E-state index contributed by atoms with van der Waals surface area (Å²) in [6.07, 6.45) is 9.14. The highest BCUT2D eigenvalue weighted by Gasteiger charge is 2.31. The number of anilines is 1. The van der Waals surface area contributed by atoms with Crippen LogP contribution in [0.1, 0.15) is 72.5 Å². The lowest BCUT2D eigenvalue weighted by molar-refractivity contribution is -0.123. The van der Waals surface area contributed by atoms with E-state index in [1.807, 2.05) is 19.1 Å². The van der Waals surface area contributed by atoms with Crippen LogP contribution in [0.25, 0.3) is 5.65 Å². The van der Waals surface area contributed by atoms with Gasteiger partial charge in [-0.3, -0.25) is 9.59 Å². The van der Waals surface area contributed by atoms with E-state index in [0.29, 0.717) is 28.0 Å². The number of hydrogen-bond donors (Lipinski definition) is 3. The summed E-state index contributed by atoms with van der Waals surface area (Å²) < 4.78 is 1.69. The molecule has 3 aromatic rings. The van der Waals surface area contributed by atoms with Crippen molar-refractivity contribution in [2.75, 3.05) is 5.32 Å². The Balaban J connectivity index is 1.26. The van der Waals surface area contributed by atoms with Gasteiger partial charge >= 0.3 is 0 Å². The molecule has 2 aliphatic carbocycles. The number of carbonyl (C=O) groups excluding carboxylic acids is 2. The maximum absolute atomic E-state index is 13.1. The summed E-state index contributed by atoms with van der Waals surface area (Å²) in [7, 11) is 0. The maximum atomic E-state index is 13.1. The number of hydrogen-bond acceptors (Lipinski definition) is 6. The third-order valence-corrected chi connectivity index (χ3v) is 8.02. The molecule has 3 N–H and O–H groups in total. The molecule has 0 radical (unpaired) electrons. The monoisotopic (exact) mass is 500 g/mol. The Labute approximate surface area is 207 Å². The topological polar surface area (TPSA) is 100 Å². The van der Waals surface area contributed by atoms with Crippen molar-refractivity contribution in [3.05, 3.63) is 45.4 Å². The first-order valence-electron chi connectivity index (χ1n) is 11.9. The number of amides is 2. The minimum atomic E-state index is -0.482. The zero-order valence-corrected chi connectivity index (χ0v) is 20.7.